The maximum atomic E-state index is 9.13. The third-order valence-corrected chi connectivity index (χ3v) is 3.73. The fourth-order valence-electron chi connectivity index (χ4n) is 1.41. The number of nitrogens with zero attached hydrogens (tertiary/aromatic N) is 2. The van der Waals surface area contributed by atoms with Crippen LogP contribution >= 0.6 is 11.8 Å². The standard InChI is InChI=1S/C10H19N3OS/c1-8(10(7-14)15-3)11-6-9-4-5-12-13(9)2/h4-5,8,10-11,14H,6-7H2,1-3H3. The van der Waals surface area contributed by atoms with Crippen molar-refractivity contribution in [2.24, 2.45) is 7.05 Å². The Morgan fingerprint density at radius 2 is 2.40 bits per heavy atom. The zero-order chi connectivity index (χ0) is 11.3. The van der Waals surface area contributed by atoms with Crippen molar-refractivity contribution in [3.63, 3.8) is 0 Å². The largest absolute Gasteiger partial charge is 0.395 e. The van der Waals surface area contributed by atoms with Crippen LogP contribution in [0.5, 0.6) is 0 Å². The molecule has 2 N–H and O–H groups in total. The van der Waals surface area contributed by atoms with Crippen LogP contribution in [0, 0.1) is 0 Å². The number of aromatic nitrogens is 2. The van der Waals surface area contributed by atoms with E-state index in [9.17, 15) is 0 Å². The van der Waals surface area contributed by atoms with E-state index in [-0.39, 0.29) is 11.9 Å². The molecule has 0 aliphatic carbocycles. The molecule has 5 heteroatoms. The molecule has 0 radical (unpaired) electrons. The lowest BCUT2D eigenvalue weighted by Gasteiger charge is -2.21. The normalized spacial score (nSPS) is 15.2. The molecule has 0 aliphatic rings. The molecule has 1 rings (SSSR count). The number of hydrogen-bond donors (Lipinski definition) is 2. The van der Waals surface area contributed by atoms with Crippen molar-refractivity contribution in [1.82, 2.24) is 15.1 Å². The second-order valence-corrected chi connectivity index (χ2v) is 4.65. The van der Waals surface area contributed by atoms with E-state index in [0.29, 0.717) is 6.04 Å². The van der Waals surface area contributed by atoms with Crippen molar-refractivity contribution in [3.8, 4) is 0 Å². The molecule has 1 aromatic heterocycles. The van der Waals surface area contributed by atoms with Gasteiger partial charge in [0.05, 0.1) is 12.3 Å². The summed E-state index contributed by atoms with van der Waals surface area (Å²) in [6.45, 7) is 3.09. The SMILES string of the molecule is CSC(CO)C(C)NCc1ccnn1C. The number of hydrogen-bond acceptors (Lipinski definition) is 4. The van der Waals surface area contributed by atoms with E-state index in [0.717, 1.165) is 12.2 Å². The maximum Gasteiger partial charge on any atom is 0.0564 e. The predicted molar refractivity (Wildman–Crippen MR) is 63.9 cm³/mol. The third kappa shape index (κ3) is 3.52. The van der Waals surface area contributed by atoms with Gasteiger partial charge in [0, 0.05) is 31.1 Å². The fourth-order valence-corrected chi connectivity index (χ4v) is 2.06. The molecular weight excluding hydrogens is 210 g/mol. The Kier molecular flexibility index (Phi) is 5.14. The first-order chi connectivity index (χ1) is 7.19. The Morgan fingerprint density at radius 3 is 2.87 bits per heavy atom. The summed E-state index contributed by atoms with van der Waals surface area (Å²) < 4.78 is 1.85. The van der Waals surface area contributed by atoms with Gasteiger partial charge in [-0.1, -0.05) is 0 Å². The lowest BCUT2D eigenvalue weighted by molar-refractivity contribution is 0.275. The Labute approximate surface area is 95.1 Å². The van der Waals surface area contributed by atoms with Crippen LogP contribution in [0.15, 0.2) is 12.3 Å². The van der Waals surface area contributed by atoms with Gasteiger partial charge in [0.1, 0.15) is 0 Å². The lowest BCUT2D eigenvalue weighted by atomic mass is 10.2. The van der Waals surface area contributed by atoms with Gasteiger partial charge < -0.3 is 10.4 Å². The molecule has 4 nitrogen and oxygen atoms in total. The molecule has 0 saturated carbocycles. The zero-order valence-corrected chi connectivity index (χ0v) is 10.3. The highest BCUT2D eigenvalue weighted by Gasteiger charge is 2.14. The third-order valence-electron chi connectivity index (χ3n) is 2.57. The average Bonchev–Trinajstić information content (AvgIpc) is 2.63. The van der Waals surface area contributed by atoms with E-state index in [1.54, 1.807) is 18.0 Å². The van der Waals surface area contributed by atoms with Gasteiger partial charge in [-0.15, -0.1) is 0 Å². The van der Waals surface area contributed by atoms with Crippen LogP contribution in [0.3, 0.4) is 0 Å². The summed E-state index contributed by atoms with van der Waals surface area (Å²) in [6.07, 6.45) is 3.81. The lowest BCUT2D eigenvalue weighted by Crippen LogP contribution is -2.37. The molecule has 86 valence electrons. The number of aryl methyl sites for hydroxylation is 1. The number of rotatable bonds is 6. The van der Waals surface area contributed by atoms with Crippen molar-refractivity contribution in [2.45, 2.75) is 24.8 Å². The first-order valence-corrected chi connectivity index (χ1v) is 6.31. The molecule has 0 amide bonds. The number of aliphatic hydroxyl groups is 1. The van der Waals surface area contributed by atoms with Crippen molar-refractivity contribution in [2.75, 3.05) is 12.9 Å². The highest BCUT2D eigenvalue weighted by Crippen LogP contribution is 2.10. The quantitative estimate of drug-likeness (QED) is 0.751. The van der Waals surface area contributed by atoms with Gasteiger partial charge in [0.25, 0.3) is 0 Å². The molecule has 0 saturated heterocycles. The molecular formula is C10H19N3OS. The molecule has 0 aliphatic heterocycles. The first kappa shape index (κ1) is 12.5. The minimum Gasteiger partial charge on any atom is -0.395 e. The predicted octanol–water partition coefficient (Wildman–Crippen LogP) is 0.622. The Balaban J connectivity index is 2.40. The van der Waals surface area contributed by atoms with Crippen molar-refractivity contribution in [1.29, 1.82) is 0 Å². The summed E-state index contributed by atoms with van der Waals surface area (Å²) in [5, 5.41) is 16.9. The van der Waals surface area contributed by atoms with E-state index >= 15 is 0 Å². The Hall–Kier alpha value is -0.520. The van der Waals surface area contributed by atoms with Crippen LogP contribution in [0.4, 0.5) is 0 Å². The van der Waals surface area contributed by atoms with Gasteiger partial charge in [-0.25, -0.2) is 0 Å². The van der Waals surface area contributed by atoms with Crippen LogP contribution in [0.1, 0.15) is 12.6 Å². The molecule has 0 fully saturated rings. The average molecular weight is 229 g/mol. The monoisotopic (exact) mass is 229 g/mol. The molecule has 15 heavy (non-hydrogen) atoms. The van der Waals surface area contributed by atoms with E-state index in [2.05, 4.69) is 17.3 Å². The van der Waals surface area contributed by atoms with Gasteiger partial charge in [0.2, 0.25) is 0 Å². The second kappa shape index (κ2) is 6.15. The highest BCUT2D eigenvalue weighted by atomic mass is 32.2. The maximum absolute atomic E-state index is 9.13. The molecule has 0 spiro atoms. The van der Waals surface area contributed by atoms with Crippen molar-refractivity contribution < 1.29 is 5.11 Å². The highest BCUT2D eigenvalue weighted by molar-refractivity contribution is 7.99. The Morgan fingerprint density at radius 1 is 1.67 bits per heavy atom. The summed E-state index contributed by atoms with van der Waals surface area (Å²) in [5.41, 5.74) is 1.15. The summed E-state index contributed by atoms with van der Waals surface area (Å²) in [7, 11) is 1.93. The van der Waals surface area contributed by atoms with E-state index in [4.69, 9.17) is 5.11 Å². The molecule has 2 unspecified atom stereocenters. The van der Waals surface area contributed by atoms with Crippen LogP contribution in [-0.2, 0) is 13.6 Å². The minimum absolute atomic E-state index is 0.209. The van der Waals surface area contributed by atoms with Crippen LogP contribution in [-0.4, -0.2) is 39.0 Å². The van der Waals surface area contributed by atoms with Gasteiger partial charge in [-0.2, -0.15) is 16.9 Å². The van der Waals surface area contributed by atoms with Crippen LogP contribution in [0.25, 0.3) is 0 Å². The molecule has 1 heterocycles. The number of nitrogens with one attached hydrogen (secondary N) is 1. The Bertz CT molecular complexity index is 286. The van der Waals surface area contributed by atoms with Gasteiger partial charge in [-0.3, -0.25) is 4.68 Å². The zero-order valence-electron chi connectivity index (χ0n) is 9.47. The molecule has 0 aromatic carbocycles. The van der Waals surface area contributed by atoms with Gasteiger partial charge in [-0.05, 0) is 19.2 Å². The summed E-state index contributed by atoms with van der Waals surface area (Å²) in [4.78, 5) is 0. The topological polar surface area (TPSA) is 50.1 Å². The minimum atomic E-state index is 0.209. The first-order valence-electron chi connectivity index (χ1n) is 5.03. The molecule has 0 bridgehead atoms. The summed E-state index contributed by atoms with van der Waals surface area (Å²) in [5.74, 6) is 0. The van der Waals surface area contributed by atoms with E-state index < -0.39 is 0 Å². The van der Waals surface area contributed by atoms with Crippen molar-refractivity contribution in [3.05, 3.63) is 18.0 Å². The summed E-state index contributed by atoms with van der Waals surface area (Å²) in [6, 6.07) is 2.28. The number of aliphatic hydroxyl groups excluding tert-OH is 1. The summed E-state index contributed by atoms with van der Waals surface area (Å²) >= 11 is 1.68. The van der Waals surface area contributed by atoms with Crippen LogP contribution in [0.2, 0.25) is 0 Å². The molecule has 2 atom stereocenters. The van der Waals surface area contributed by atoms with Gasteiger partial charge in [0.15, 0.2) is 0 Å². The van der Waals surface area contributed by atoms with Gasteiger partial charge >= 0.3 is 0 Å². The molecule has 1 aromatic rings. The van der Waals surface area contributed by atoms with E-state index in [1.165, 1.54) is 0 Å². The van der Waals surface area contributed by atoms with Crippen LogP contribution < -0.4 is 5.32 Å². The smallest absolute Gasteiger partial charge is 0.0564 e. The van der Waals surface area contributed by atoms with Crippen molar-refractivity contribution >= 4 is 11.8 Å². The second-order valence-electron chi connectivity index (χ2n) is 3.57. The number of thioether (sulfide) groups is 1. The van der Waals surface area contributed by atoms with E-state index in [1.807, 2.05) is 24.1 Å². The fraction of sp³-hybridized carbons (Fsp3) is 0.700.